The average Bonchev–Trinajstić information content (AvgIpc) is 2.27. The van der Waals surface area contributed by atoms with Crippen molar-refractivity contribution in [3.63, 3.8) is 0 Å². The summed E-state index contributed by atoms with van der Waals surface area (Å²) in [5, 5.41) is -0.676. The zero-order valence-electron chi connectivity index (χ0n) is 11.1. The number of esters is 1. The molecule has 0 rings (SSSR count). The zero-order valence-corrected chi connectivity index (χ0v) is 11.8. The molecule has 4 heteroatoms. The quantitative estimate of drug-likeness (QED) is 0.276. The molecule has 0 aliphatic carbocycles. The Bertz CT molecular complexity index is 249. The lowest BCUT2D eigenvalue weighted by molar-refractivity contribution is -0.156. The predicted octanol–water partition coefficient (Wildman–Crippen LogP) is 3.68. The fourth-order valence-electron chi connectivity index (χ4n) is 1.31. The van der Waals surface area contributed by atoms with E-state index < -0.39 is 16.6 Å². The lowest BCUT2D eigenvalue weighted by atomic mass is 9.96. The van der Waals surface area contributed by atoms with E-state index in [2.05, 4.69) is 6.92 Å². The molecule has 0 aromatic heterocycles. The van der Waals surface area contributed by atoms with Gasteiger partial charge in [-0.1, -0.05) is 39.0 Å². The van der Waals surface area contributed by atoms with Crippen LogP contribution in [0.1, 0.15) is 59.3 Å². The molecule has 0 bridgehead atoms. The molecule has 0 spiro atoms. The molecular formula is C13H23ClO3. The van der Waals surface area contributed by atoms with E-state index in [9.17, 15) is 9.59 Å². The molecule has 0 aliphatic rings. The van der Waals surface area contributed by atoms with Crippen LogP contribution in [0.2, 0.25) is 0 Å². The second kappa shape index (κ2) is 8.51. The summed E-state index contributed by atoms with van der Waals surface area (Å²) in [5.41, 5.74) is -1.23. The van der Waals surface area contributed by atoms with Crippen LogP contribution in [0.25, 0.3) is 0 Å². The van der Waals surface area contributed by atoms with Crippen molar-refractivity contribution < 1.29 is 14.3 Å². The third kappa shape index (κ3) is 6.67. The summed E-state index contributed by atoms with van der Waals surface area (Å²) in [7, 11) is 0. The highest BCUT2D eigenvalue weighted by atomic mass is 35.5. The third-order valence-corrected chi connectivity index (χ3v) is 3.21. The minimum absolute atomic E-state index is 0.374. The number of hydrogen-bond acceptors (Lipinski definition) is 3. The highest BCUT2D eigenvalue weighted by Gasteiger charge is 2.36. The Morgan fingerprint density at radius 3 is 2.12 bits per heavy atom. The zero-order chi connectivity index (χ0) is 13.3. The van der Waals surface area contributed by atoms with Crippen LogP contribution in [0.3, 0.4) is 0 Å². The Kier molecular flexibility index (Phi) is 8.23. The lowest BCUT2D eigenvalue weighted by Gasteiger charge is -2.17. The summed E-state index contributed by atoms with van der Waals surface area (Å²) >= 11 is 5.32. The maximum atomic E-state index is 11.5. The molecule has 0 atom stereocenters. The van der Waals surface area contributed by atoms with Crippen molar-refractivity contribution >= 4 is 22.8 Å². The molecule has 0 aromatic rings. The van der Waals surface area contributed by atoms with Crippen LogP contribution in [0.5, 0.6) is 0 Å². The summed E-state index contributed by atoms with van der Waals surface area (Å²) in [6.45, 7) is 5.50. The lowest BCUT2D eigenvalue weighted by Crippen LogP contribution is -2.32. The van der Waals surface area contributed by atoms with Gasteiger partial charge < -0.3 is 4.74 Å². The number of carbonyl (C=O) groups excluding carboxylic acids is 2. The molecule has 0 aromatic carbocycles. The standard InChI is InChI=1S/C13H23ClO3/c1-4-5-6-7-8-9-10-17-12(16)13(2,3)11(14)15/h4-10H2,1-3H3. The van der Waals surface area contributed by atoms with E-state index in [4.69, 9.17) is 16.3 Å². The second-order valence-electron chi connectivity index (χ2n) is 4.80. The van der Waals surface area contributed by atoms with Crippen LogP contribution in [0.4, 0.5) is 0 Å². The predicted molar refractivity (Wildman–Crippen MR) is 69.0 cm³/mol. The molecule has 0 radical (unpaired) electrons. The Balaban J connectivity index is 3.62. The Labute approximate surface area is 109 Å². The molecule has 3 nitrogen and oxygen atoms in total. The minimum Gasteiger partial charge on any atom is -0.465 e. The van der Waals surface area contributed by atoms with Crippen LogP contribution >= 0.6 is 11.6 Å². The van der Waals surface area contributed by atoms with Crippen molar-refractivity contribution in [2.75, 3.05) is 6.61 Å². The monoisotopic (exact) mass is 262 g/mol. The SMILES string of the molecule is CCCCCCCCOC(=O)C(C)(C)C(=O)Cl. The molecule has 0 saturated heterocycles. The fraction of sp³-hybridized carbons (Fsp3) is 0.846. The minimum atomic E-state index is -1.23. The van der Waals surface area contributed by atoms with Crippen molar-refractivity contribution in [3.8, 4) is 0 Å². The van der Waals surface area contributed by atoms with E-state index in [0.29, 0.717) is 6.61 Å². The summed E-state index contributed by atoms with van der Waals surface area (Å²) in [4.78, 5) is 22.5. The first-order valence-corrected chi connectivity index (χ1v) is 6.68. The summed E-state index contributed by atoms with van der Waals surface area (Å²) in [6.07, 6.45) is 6.79. The molecular weight excluding hydrogens is 240 g/mol. The molecule has 0 saturated carbocycles. The van der Waals surface area contributed by atoms with Crippen molar-refractivity contribution in [1.29, 1.82) is 0 Å². The van der Waals surface area contributed by atoms with Crippen LogP contribution in [0.15, 0.2) is 0 Å². The van der Waals surface area contributed by atoms with Gasteiger partial charge in [-0.3, -0.25) is 9.59 Å². The second-order valence-corrected chi connectivity index (χ2v) is 5.15. The third-order valence-electron chi connectivity index (χ3n) is 2.73. The number of halogens is 1. The average molecular weight is 263 g/mol. The van der Waals surface area contributed by atoms with Gasteiger partial charge in [0.15, 0.2) is 0 Å². The molecule has 0 N–H and O–H groups in total. The van der Waals surface area contributed by atoms with E-state index in [0.717, 1.165) is 12.8 Å². The maximum absolute atomic E-state index is 11.5. The maximum Gasteiger partial charge on any atom is 0.320 e. The molecule has 17 heavy (non-hydrogen) atoms. The highest BCUT2D eigenvalue weighted by molar-refractivity contribution is 6.66. The molecule has 0 fully saturated rings. The highest BCUT2D eigenvalue weighted by Crippen LogP contribution is 2.21. The molecule has 0 unspecified atom stereocenters. The van der Waals surface area contributed by atoms with Crippen LogP contribution < -0.4 is 0 Å². The van der Waals surface area contributed by atoms with Crippen molar-refractivity contribution in [3.05, 3.63) is 0 Å². The van der Waals surface area contributed by atoms with Gasteiger partial charge in [-0.15, -0.1) is 0 Å². The van der Waals surface area contributed by atoms with Crippen molar-refractivity contribution in [2.45, 2.75) is 59.3 Å². The normalized spacial score (nSPS) is 11.3. The van der Waals surface area contributed by atoms with E-state index in [1.54, 1.807) is 0 Å². The topological polar surface area (TPSA) is 43.4 Å². The number of carbonyl (C=O) groups is 2. The largest absolute Gasteiger partial charge is 0.465 e. The smallest absolute Gasteiger partial charge is 0.320 e. The van der Waals surface area contributed by atoms with Gasteiger partial charge in [0.25, 0.3) is 0 Å². The van der Waals surface area contributed by atoms with Gasteiger partial charge in [-0.2, -0.15) is 0 Å². The number of unbranched alkanes of at least 4 members (excludes halogenated alkanes) is 5. The molecule has 100 valence electrons. The summed E-state index contributed by atoms with van der Waals surface area (Å²) < 4.78 is 5.03. The molecule has 0 amide bonds. The number of ether oxygens (including phenoxy) is 1. The van der Waals surface area contributed by atoms with Crippen molar-refractivity contribution in [1.82, 2.24) is 0 Å². The van der Waals surface area contributed by atoms with Gasteiger partial charge in [0.1, 0.15) is 5.41 Å². The van der Waals surface area contributed by atoms with E-state index in [1.165, 1.54) is 39.5 Å². The Morgan fingerprint density at radius 1 is 1.06 bits per heavy atom. The summed E-state index contributed by atoms with van der Waals surface area (Å²) in [6, 6.07) is 0. The van der Waals surface area contributed by atoms with Crippen LogP contribution in [-0.2, 0) is 14.3 Å². The fourth-order valence-corrected chi connectivity index (χ4v) is 1.39. The van der Waals surface area contributed by atoms with Gasteiger partial charge in [-0.25, -0.2) is 0 Å². The molecule has 0 heterocycles. The van der Waals surface area contributed by atoms with Gasteiger partial charge >= 0.3 is 5.97 Å². The number of rotatable bonds is 9. The number of hydrogen-bond donors (Lipinski definition) is 0. The Hall–Kier alpha value is -0.570. The van der Waals surface area contributed by atoms with Crippen molar-refractivity contribution in [2.24, 2.45) is 5.41 Å². The first-order valence-electron chi connectivity index (χ1n) is 6.30. The van der Waals surface area contributed by atoms with E-state index >= 15 is 0 Å². The van der Waals surface area contributed by atoms with E-state index in [-0.39, 0.29) is 0 Å². The first kappa shape index (κ1) is 16.4. The Morgan fingerprint density at radius 2 is 1.59 bits per heavy atom. The van der Waals surface area contributed by atoms with Crippen LogP contribution in [0, 0.1) is 5.41 Å². The first-order chi connectivity index (χ1) is 7.92. The van der Waals surface area contributed by atoms with E-state index in [1.807, 2.05) is 0 Å². The van der Waals surface area contributed by atoms with Gasteiger partial charge in [0.2, 0.25) is 5.24 Å². The van der Waals surface area contributed by atoms with Gasteiger partial charge in [-0.05, 0) is 31.9 Å². The molecule has 0 aliphatic heterocycles. The van der Waals surface area contributed by atoms with Gasteiger partial charge in [0.05, 0.1) is 6.61 Å². The van der Waals surface area contributed by atoms with Crippen LogP contribution in [-0.4, -0.2) is 17.8 Å². The van der Waals surface area contributed by atoms with Gasteiger partial charge in [0, 0.05) is 0 Å². The summed E-state index contributed by atoms with van der Waals surface area (Å²) in [5.74, 6) is -0.536.